The molecule has 0 aromatic rings. The number of aliphatic hydroxyl groups excluding tert-OH is 5. The number of ketones is 1. The van der Waals surface area contributed by atoms with Crippen LogP contribution < -0.4 is 0 Å². The minimum atomic E-state index is -1.57. The molecule has 1 saturated heterocycles. The van der Waals surface area contributed by atoms with E-state index in [1.165, 1.54) is 0 Å². The monoisotopic (exact) mass is 648 g/mol. The van der Waals surface area contributed by atoms with E-state index in [0.29, 0.717) is 31.3 Å². The quantitative estimate of drug-likeness (QED) is 0.214. The minimum absolute atomic E-state index is 0.0590. The summed E-state index contributed by atoms with van der Waals surface area (Å²) in [5.41, 5.74) is 0.278. The average molecular weight is 649 g/mol. The zero-order valence-corrected chi connectivity index (χ0v) is 28.5. The van der Waals surface area contributed by atoms with E-state index in [0.717, 1.165) is 36.8 Å². The molecule has 3 fully saturated rings. The maximum atomic E-state index is 14.4. The van der Waals surface area contributed by atoms with Gasteiger partial charge < -0.3 is 40.1 Å². The lowest BCUT2D eigenvalue weighted by molar-refractivity contribution is -0.325. The van der Waals surface area contributed by atoms with Crippen molar-refractivity contribution in [3.63, 3.8) is 0 Å². The summed E-state index contributed by atoms with van der Waals surface area (Å²) >= 11 is 0. The number of aliphatic carboxylic acids is 1. The van der Waals surface area contributed by atoms with E-state index in [4.69, 9.17) is 9.47 Å². The normalized spacial score (nSPS) is 46.4. The Morgan fingerprint density at radius 3 is 2.33 bits per heavy atom. The number of hydrogen-bond acceptors (Lipinski definition) is 9. The minimum Gasteiger partial charge on any atom is -0.478 e. The molecule has 260 valence electrons. The highest BCUT2D eigenvalue weighted by Crippen LogP contribution is 2.72. The first-order valence-electron chi connectivity index (χ1n) is 17.2. The molecule has 0 spiro atoms. The first-order valence-corrected chi connectivity index (χ1v) is 17.2. The van der Waals surface area contributed by atoms with Crippen molar-refractivity contribution < 1.29 is 49.7 Å². The van der Waals surface area contributed by atoms with Crippen molar-refractivity contribution >= 4 is 11.8 Å². The van der Waals surface area contributed by atoms with Crippen LogP contribution in [0.3, 0.4) is 0 Å². The van der Waals surface area contributed by atoms with E-state index in [1.54, 1.807) is 13.0 Å². The Bertz CT molecular complexity index is 1270. The molecule has 46 heavy (non-hydrogen) atoms. The SMILES string of the molecule is C/C(=C/CC[C@@H](C)[C@H]1CC[C@@]2(C)C3=C(C[C@@H](O[C@@H]4O[C@H](CO)[C@@H](O)[C@H](O)[C@H]4O)[C@]12C)[C@@]1(C)CC[C@@H](O)C(C)(C)[C@@H]1CC3=O)C(=O)O. The fourth-order valence-corrected chi connectivity index (χ4v) is 10.7. The van der Waals surface area contributed by atoms with Gasteiger partial charge in [0.05, 0.1) is 18.8 Å². The fraction of sp³-hybridized carbons (Fsp3) is 0.833. The topological polar surface area (TPSA) is 174 Å². The van der Waals surface area contributed by atoms with Gasteiger partial charge in [0.1, 0.15) is 24.4 Å². The molecule has 1 heterocycles. The van der Waals surface area contributed by atoms with Gasteiger partial charge in [0.2, 0.25) is 0 Å². The fourth-order valence-electron chi connectivity index (χ4n) is 10.7. The van der Waals surface area contributed by atoms with Crippen molar-refractivity contribution in [1.29, 1.82) is 0 Å². The summed E-state index contributed by atoms with van der Waals surface area (Å²) in [6.45, 7) is 13.9. The van der Waals surface area contributed by atoms with Gasteiger partial charge in [-0.1, -0.05) is 53.2 Å². The lowest BCUT2D eigenvalue weighted by Crippen LogP contribution is -2.63. The van der Waals surface area contributed by atoms with E-state index in [-0.39, 0.29) is 29.0 Å². The van der Waals surface area contributed by atoms with Crippen LogP contribution in [-0.4, -0.2) is 91.9 Å². The van der Waals surface area contributed by atoms with Crippen LogP contribution in [0.4, 0.5) is 0 Å². The summed E-state index contributed by atoms with van der Waals surface area (Å²) in [4.78, 5) is 25.8. The van der Waals surface area contributed by atoms with Crippen LogP contribution in [0.25, 0.3) is 0 Å². The number of carbonyl (C=O) groups excluding carboxylic acids is 1. The van der Waals surface area contributed by atoms with Crippen molar-refractivity contribution in [1.82, 2.24) is 0 Å². The number of rotatable bonds is 8. The standard InChI is InChI=1S/C36H56O10/c1-18(9-8-10-19(2)31(43)44)20-11-14-35(6)27-21(34(5)13-12-25(39)33(3,4)24(34)16-22(27)38)15-26(36(20,35)7)46-32-30(42)29(41)28(40)23(17-37)45-32/h10,18,20,23-26,28-30,32,37,39-42H,8-9,11-17H2,1-7H3,(H,43,44)/b19-10-/t18-,20-,23-,24+,25-,26-,28-,29+,30-,32+,34-,35+,36+/m1/s1. The van der Waals surface area contributed by atoms with Gasteiger partial charge in [0.15, 0.2) is 12.1 Å². The number of ether oxygens (including phenoxy) is 2. The third-order valence-electron chi connectivity index (χ3n) is 13.9. The van der Waals surface area contributed by atoms with Gasteiger partial charge in [0.25, 0.3) is 0 Å². The maximum absolute atomic E-state index is 14.4. The highest BCUT2D eigenvalue weighted by atomic mass is 16.7. The molecule has 5 rings (SSSR count). The van der Waals surface area contributed by atoms with E-state index < -0.39 is 71.7 Å². The molecule has 6 N–H and O–H groups in total. The average Bonchev–Trinajstić information content (AvgIpc) is 3.28. The van der Waals surface area contributed by atoms with Gasteiger partial charge in [-0.3, -0.25) is 4.79 Å². The second kappa shape index (κ2) is 12.3. The van der Waals surface area contributed by atoms with Crippen LogP contribution in [0.5, 0.6) is 0 Å². The van der Waals surface area contributed by atoms with Gasteiger partial charge in [-0.05, 0) is 80.5 Å². The Balaban J connectivity index is 1.59. The molecular formula is C36H56O10. The molecule has 10 nitrogen and oxygen atoms in total. The van der Waals surface area contributed by atoms with Gasteiger partial charge in [-0.15, -0.1) is 0 Å². The zero-order chi connectivity index (χ0) is 34.1. The molecule has 0 unspecified atom stereocenters. The Hall–Kier alpha value is -1.66. The summed E-state index contributed by atoms with van der Waals surface area (Å²) in [5.74, 6) is -0.625. The summed E-state index contributed by atoms with van der Waals surface area (Å²) in [6.07, 6.45) is -1.25. The Kier molecular flexibility index (Phi) is 9.56. The van der Waals surface area contributed by atoms with Gasteiger partial charge in [-0.25, -0.2) is 4.79 Å². The van der Waals surface area contributed by atoms with Gasteiger partial charge >= 0.3 is 5.97 Å². The molecule has 0 bridgehead atoms. The maximum Gasteiger partial charge on any atom is 0.330 e. The number of aliphatic hydroxyl groups is 5. The molecule has 5 aliphatic rings. The summed E-state index contributed by atoms with van der Waals surface area (Å²) in [6, 6.07) is 0. The summed E-state index contributed by atoms with van der Waals surface area (Å²) in [5, 5.41) is 62.4. The Morgan fingerprint density at radius 1 is 1.02 bits per heavy atom. The van der Waals surface area contributed by atoms with Gasteiger partial charge in [-0.2, -0.15) is 0 Å². The second-order valence-corrected chi connectivity index (χ2v) is 16.4. The third-order valence-corrected chi connectivity index (χ3v) is 13.9. The predicted molar refractivity (Wildman–Crippen MR) is 169 cm³/mol. The number of fused-ring (bicyclic) bond motifs is 4. The molecule has 1 aliphatic heterocycles. The lowest BCUT2D eigenvalue weighted by Gasteiger charge is -2.63. The van der Waals surface area contributed by atoms with E-state index in [9.17, 15) is 40.2 Å². The number of carbonyl (C=O) groups is 2. The number of hydrogen-bond donors (Lipinski definition) is 6. The lowest BCUT2D eigenvalue weighted by atomic mass is 9.42. The molecular weight excluding hydrogens is 592 g/mol. The van der Waals surface area contributed by atoms with Crippen molar-refractivity contribution in [3.05, 3.63) is 22.8 Å². The number of allylic oxidation sites excluding steroid dienone is 2. The van der Waals surface area contributed by atoms with E-state index in [1.807, 2.05) is 0 Å². The largest absolute Gasteiger partial charge is 0.478 e. The summed E-state index contributed by atoms with van der Waals surface area (Å²) < 4.78 is 12.7. The smallest absolute Gasteiger partial charge is 0.330 e. The molecule has 13 atom stereocenters. The van der Waals surface area contributed by atoms with Crippen molar-refractivity contribution in [3.8, 4) is 0 Å². The number of carboxylic acids is 1. The second-order valence-electron chi connectivity index (χ2n) is 16.4. The molecule has 10 heteroatoms. The molecule has 0 aromatic heterocycles. The van der Waals surface area contributed by atoms with Crippen molar-refractivity contribution in [2.24, 2.45) is 39.4 Å². The Morgan fingerprint density at radius 2 is 1.70 bits per heavy atom. The zero-order valence-electron chi connectivity index (χ0n) is 28.5. The van der Waals surface area contributed by atoms with Crippen LogP contribution in [0.15, 0.2) is 22.8 Å². The Labute approximate surface area is 272 Å². The van der Waals surface area contributed by atoms with E-state index in [2.05, 4.69) is 41.5 Å². The molecule has 0 amide bonds. The highest BCUT2D eigenvalue weighted by Gasteiger charge is 2.69. The highest BCUT2D eigenvalue weighted by molar-refractivity contribution is 5.99. The van der Waals surface area contributed by atoms with Crippen molar-refractivity contribution in [2.45, 2.75) is 143 Å². The van der Waals surface area contributed by atoms with E-state index >= 15 is 0 Å². The molecule has 0 aromatic carbocycles. The van der Waals surface area contributed by atoms with Crippen molar-refractivity contribution in [2.75, 3.05) is 6.61 Å². The van der Waals surface area contributed by atoms with Crippen LogP contribution in [0, 0.1) is 39.4 Å². The third kappa shape index (κ3) is 5.26. The first kappa shape index (κ1) is 35.6. The van der Waals surface area contributed by atoms with Crippen LogP contribution in [0.1, 0.15) is 99.8 Å². The summed E-state index contributed by atoms with van der Waals surface area (Å²) in [7, 11) is 0. The molecule has 2 saturated carbocycles. The molecule has 0 radical (unpaired) electrons. The molecule has 4 aliphatic carbocycles. The predicted octanol–water partition coefficient (Wildman–Crippen LogP) is 3.52. The van der Waals surface area contributed by atoms with Crippen LogP contribution in [0.2, 0.25) is 0 Å². The first-order chi connectivity index (χ1) is 21.4. The van der Waals surface area contributed by atoms with Crippen LogP contribution >= 0.6 is 0 Å². The van der Waals surface area contributed by atoms with Gasteiger partial charge in [0, 0.05) is 28.4 Å². The number of Topliss-reactive ketones (excluding diaryl/α,β-unsaturated/α-hetero) is 1. The van der Waals surface area contributed by atoms with Crippen LogP contribution in [-0.2, 0) is 19.1 Å². The number of carboxylic acid groups (broad SMARTS) is 1.